The van der Waals surface area contributed by atoms with Crippen molar-refractivity contribution in [3.8, 4) is 17.3 Å². The molecule has 1 heterocycles. The topological polar surface area (TPSA) is 95.7 Å². The van der Waals surface area contributed by atoms with Gasteiger partial charge in [0.2, 0.25) is 5.95 Å². The van der Waals surface area contributed by atoms with Crippen molar-refractivity contribution in [1.29, 1.82) is 5.26 Å². The predicted octanol–water partition coefficient (Wildman–Crippen LogP) is 4.43. The largest absolute Gasteiger partial charge is 0.264 e. The third kappa shape index (κ3) is 4.19. The quantitative estimate of drug-likeness (QED) is 0.631. The Morgan fingerprint density at radius 1 is 1.00 bits per heavy atom. The molecule has 0 fully saturated rings. The van der Waals surface area contributed by atoms with E-state index in [2.05, 4.69) is 14.7 Å². The molecule has 3 rings (SSSR count). The van der Waals surface area contributed by atoms with Crippen LogP contribution >= 0.6 is 23.2 Å². The van der Waals surface area contributed by atoms with E-state index in [4.69, 9.17) is 23.2 Å². The monoisotopic (exact) mass is 418 g/mol. The van der Waals surface area contributed by atoms with Crippen LogP contribution in [0.25, 0.3) is 11.3 Å². The molecule has 1 aromatic heterocycles. The van der Waals surface area contributed by atoms with E-state index >= 15 is 0 Å². The lowest BCUT2D eigenvalue weighted by Gasteiger charge is -2.10. The first-order valence-electron chi connectivity index (χ1n) is 7.63. The highest BCUT2D eigenvalue weighted by Gasteiger charge is 2.20. The zero-order chi connectivity index (χ0) is 19.6. The van der Waals surface area contributed by atoms with E-state index in [0.717, 1.165) is 5.56 Å². The summed E-state index contributed by atoms with van der Waals surface area (Å²) in [7, 11) is -3.91. The van der Waals surface area contributed by atoms with Crippen LogP contribution in [0.3, 0.4) is 0 Å². The Morgan fingerprint density at radius 3 is 2.22 bits per heavy atom. The van der Waals surface area contributed by atoms with Crippen LogP contribution in [0.2, 0.25) is 10.2 Å². The van der Waals surface area contributed by atoms with E-state index in [0.29, 0.717) is 10.6 Å². The molecule has 1 N–H and O–H groups in total. The number of hydrogen-bond acceptors (Lipinski definition) is 5. The van der Waals surface area contributed by atoms with Crippen molar-refractivity contribution in [2.45, 2.75) is 11.8 Å². The molecule has 0 aliphatic rings. The number of nitrogens with zero attached hydrogens (tertiary/aromatic N) is 3. The van der Waals surface area contributed by atoms with E-state index in [1.54, 1.807) is 36.4 Å². The molecule has 9 heteroatoms. The SMILES string of the molecule is Cc1ccc(S(=O)(=O)Nc2nc(Cl)c(C#N)c(-c3ccc(Cl)cc3)n2)cc1. The Balaban J connectivity index is 2.05. The van der Waals surface area contributed by atoms with E-state index in [-0.39, 0.29) is 27.3 Å². The van der Waals surface area contributed by atoms with Gasteiger partial charge in [-0.3, -0.25) is 0 Å². The lowest BCUT2D eigenvalue weighted by Crippen LogP contribution is -2.16. The summed E-state index contributed by atoms with van der Waals surface area (Å²) in [5.41, 5.74) is 1.72. The van der Waals surface area contributed by atoms with Crippen LogP contribution in [0.5, 0.6) is 0 Å². The van der Waals surface area contributed by atoms with Gasteiger partial charge < -0.3 is 0 Å². The minimum absolute atomic E-state index is 0.0391. The Morgan fingerprint density at radius 2 is 1.63 bits per heavy atom. The van der Waals surface area contributed by atoms with Gasteiger partial charge in [-0.2, -0.15) is 10.2 Å². The molecular formula is C18H12Cl2N4O2S. The van der Waals surface area contributed by atoms with Gasteiger partial charge >= 0.3 is 0 Å². The van der Waals surface area contributed by atoms with Gasteiger partial charge in [0.1, 0.15) is 11.6 Å². The highest BCUT2D eigenvalue weighted by Crippen LogP contribution is 2.28. The molecule has 136 valence electrons. The molecule has 0 saturated carbocycles. The smallest absolute Gasteiger partial charge is 0.247 e. The summed E-state index contributed by atoms with van der Waals surface area (Å²) in [6.45, 7) is 1.85. The molecule has 0 spiro atoms. The standard InChI is InChI=1S/C18H12Cl2N4O2S/c1-11-2-8-14(9-3-11)27(25,26)24-18-22-16(15(10-21)17(20)23-18)12-4-6-13(19)7-5-12/h2-9H,1H3,(H,22,23,24). The van der Waals surface area contributed by atoms with Crippen LogP contribution < -0.4 is 4.72 Å². The third-order valence-corrected chi connectivity index (χ3v) is 5.52. The fraction of sp³-hybridized carbons (Fsp3) is 0.0556. The maximum Gasteiger partial charge on any atom is 0.264 e. The van der Waals surface area contributed by atoms with Crippen LogP contribution in [0, 0.1) is 18.3 Å². The number of nitrogens with one attached hydrogen (secondary N) is 1. The molecule has 0 bridgehead atoms. The number of halogens is 2. The Kier molecular flexibility index (Phi) is 5.33. The zero-order valence-electron chi connectivity index (χ0n) is 13.9. The van der Waals surface area contributed by atoms with Crippen molar-refractivity contribution in [3.05, 3.63) is 69.8 Å². The molecule has 6 nitrogen and oxygen atoms in total. The van der Waals surface area contributed by atoms with E-state index in [9.17, 15) is 13.7 Å². The average Bonchev–Trinajstić information content (AvgIpc) is 2.62. The number of nitriles is 1. The van der Waals surface area contributed by atoms with Gasteiger partial charge in [-0.05, 0) is 31.2 Å². The number of benzene rings is 2. The summed E-state index contributed by atoms with van der Waals surface area (Å²) >= 11 is 12.0. The van der Waals surface area contributed by atoms with E-state index in [1.165, 1.54) is 12.1 Å². The van der Waals surface area contributed by atoms with Crippen molar-refractivity contribution < 1.29 is 8.42 Å². The molecule has 0 atom stereocenters. The molecule has 27 heavy (non-hydrogen) atoms. The first kappa shape index (κ1) is 19.1. The van der Waals surface area contributed by atoms with Gasteiger partial charge in [-0.15, -0.1) is 0 Å². The van der Waals surface area contributed by atoms with E-state index < -0.39 is 10.0 Å². The zero-order valence-corrected chi connectivity index (χ0v) is 16.3. The number of sulfonamides is 1. The number of aryl methyl sites for hydroxylation is 1. The van der Waals surface area contributed by atoms with E-state index in [1.807, 2.05) is 13.0 Å². The highest BCUT2D eigenvalue weighted by molar-refractivity contribution is 7.92. The summed E-state index contributed by atoms with van der Waals surface area (Å²) in [4.78, 5) is 8.13. The average molecular weight is 419 g/mol. The molecule has 0 aliphatic carbocycles. The fourth-order valence-corrected chi connectivity index (χ4v) is 3.57. The fourth-order valence-electron chi connectivity index (χ4n) is 2.29. The molecule has 0 saturated heterocycles. The lowest BCUT2D eigenvalue weighted by atomic mass is 10.1. The van der Waals surface area contributed by atoms with Crippen LogP contribution in [-0.2, 0) is 10.0 Å². The number of anilines is 1. The molecule has 2 aromatic carbocycles. The first-order chi connectivity index (χ1) is 12.8. The first-order valence-corrected chi connectivity index (χ1v) is 9.87. The molecule has 0 amide bonds. The Labute approximate surface area is 166 Å². The minimum Gasteiger partial charge on any atom is -0.247 e. The second-order valence-corrected chi connectivity index (χ2v) is 8.08. The summed E-state index contributed by atoms with van der Waals surface area (Å²) in [5, 5.41) is 9.72. The third-order valence-electron chi connectivity index (χ3n) is 3.65. The Bertz CT molecular complexity index is 1140. The number of aromatic nitrogens is 2. The summed E-state index contributed by atoms with van der Waals surface area (Å²) < 4.78 is 27.4. The molecular weight excluding hydrogens is 407 g/mol. The maximum absolute atomic E-state index is 12.6. The van der Waals surface area contributed by atoms with Gasteiger partial charge in [0.05, 0.1) is 10.6 Å². The van der Waals surface area contributed by atoms with Crippen LogP contribution in [0.1, 0.15) is 11.1 Å². The van der Waals surface area contributed by atoms with Crippen molar-refractivity contribution in [1.82, 2.24) is 9.97 Å². The number of rotatable bonds is 4. The van der Waals surface area contributed by atoms with Gasteiger partial charge in [0.15, 0.2) is 5.15 Å². The predicted molar refractivity (Wildman–Crippen MR) is 104 cm³/mol. The minimum atomic E-state index is -3.91. The second-order valence-electron chi connectivity index (χ2n) is 5.60. The molecule has 0 aliphatic heterocycles. The van der Waals surface area contributed by atoms with Crippen LogP contribution in [0.4, 0.5) is 5.95 Å². The molecule has 3 aromatic rings. The van der Waals surface area contributed by atoms with Crippen molar-refractivity contribution in [3.63, 3.8) is 0 Å². The summed E-state index contributed by atoms with van der Waals surface area (Å²) in [5.74, 6) is -0.232. The van der Waals surface area contributed by atoms with Crippen molar-refractivity contribution in [2.75, 3.05) is 4.72 Å². The maximum atomic E-state index is 12.6. The molecule has 0 unspecified atom stereocenters. The van der Waals surface area contributed by atoms with Crippen molar-refractivity contribution >= 4 is 39.2 Å². The highest BCUT2D eigenvalue weighted by atomic mass is 35.5. The normalized spacial score (nSPS) is 11.0. The molecule has 0 radical (unpaired) electrons. The van der Waals surface area contributed by atoms with Gasteiger partial charge in [0.25, 0.3) is 10.0 Å². The Hall–Kier alpha value is -2.66. The van der Waals surface area contributed by atoms with Gasteiger partial charge in [0, 0.05) is 10.6 Å². The second kappa shape index (κ2) is 7.53. The van der Waals surface area contributed by atoms with Gasteiger partial charge in [-0.25, -0.2) is 18.1 Å². The lowest BCUT2D eigenvalue weighted by molar-refractivity contribution is 0.601. The summed E-state index contributed by atoms with van der Waals surface area (Å²) in [6.07, 6.45) is 0. The van der Waals surface area contributed by atoms with Crippen LogP contribution in [-0.4, -0.2) is 18.4 Å². The number of hydrogen-bond donors (Lipinski definition) is 1. The summed E-state index contributed by atoms with van der Waals surface area (Å²) in [6, 6.07) is 14.8. The van der Waals surface area contributed by atoms with Crippen molar-refractivity contribution in [2.24, 2.45) is 0 Å². The van der Waals surface area contributed by atoms with Gasteiger partial charge in [-0.1, -0.05) is 53.0 Å². The van der Waals surface area contributed by atoms with Crippen LogP contribution in [0.15, 0.2) is 53.4 Å².